The Morgan fingerprint density at radius 2 is 2.00 bits per heavy atom. The fraction of sp³-hybridized carbons (Fsp3) is 0.462. The lowest BCUT2D eigenvalue weighted by Gasteiger charge is -2.27. The second-order valence-corrected chi connectivity index (χ2v) is 4.59. The third-order valence-electron chi connectivity index (χ3n) is 3.47. The molecule has 1 amide bonds. The van der Waals surface area contributed by atoms with E-state index in [2.05, 4.69) is 10.6 Å². The van der Waals surface area contributed by atoms with Crippen LogP contribution in [0.2, 0.25) is 0 Å². The van der Waals surface area contributed by atoms with E-state index in [0.29, 0.717) is 0 Å². The van der Waals surface area contributed by atoms with Gasteiger partial charge in [0, 0.05) is 44.0 Å². The van der Waals surface area contributed by atoms with Crippen LogP contribution in [0, 0.1) is 0 Å². The van der Waals surface area contributed by atoms with E-state index in [0.717, 1.165) is 44.7 Å². The molecule has 90 valence electrons. The minimum absolute atomic E-state index is 0.168. The average molecular weight is 231 g/mol. The first-order chi connectivity index (χ1) is 8.34. The quantitative estimate of drug-likeness (QED) is 0.748. The Morgan fingerprint density at radius 3 is 2.82 bits per heavy atom. The van der Waals surface area contributed by atoms with E-state index < -0.39 is 0 Å². The summed E-state index contributed by atoms with van der Waals surface area (Å²) in [6, 6.07) is 6.00. The summed E-state index contributed by atoms with van der Waals surface area (Å²) < 4.78 is 0. The molecule has 4 nitrogen and oxygen atoms in total. The maximum atomic E-state index is 12.3. The molecule has 4 heteroatoms. The molecule has 1 saturated heterocycles. The van der Waals surface area contributed by atoms with Crippen molar-refractivity contribution in [1.29, 1.82) is 0 Å². The zero-order valence-corrected chi connectivity index (χ0v) is 9.83. The monoisotopic (exact) mass is 231 g/mol. The van der Waals surface area contributed by atoms with Gasteiger partial charge in [0.1, 0.15) is 0 Å². The molecule has 3 rings (SSSR count). The van der Waals surface area contributed by atoms with Gasteiger partial charge in [-0.3, -0.25) is 4.79 Å². The summed E-state index contributed by atoms with van der Waals surface area (Å²) in [5, 5.41) is 6.57. The minimum atomic E-state index is 0.168. The fourth-order valence-electron chi connectivity index (χ4n) is 2.49. The number of amides is 1. The topological polar surface area (TPSA) is 44.4 Å². The van der Waals surface area contributed by atoms with Crippen molar-refractivity contribution < 1.29 is 4.79 Å². The summed E-state index contributed by atoms with van der Waals surface area (Å²) in [5.74, 6) is 0.168. The molecule has 2 heterocycles. The van der Waals surface area contributed by atoms with E-state index >= 15 is 0 Å². The highest BCUT2D eigenvalue weighted by atomic mass is 16.2. The van der Waals surface area contributed by atoms with Crippen LogP contribution in [0.15, 0.2) is 18.2 Å². The predicted octanol–water partition coefficient (Wildman–Crippen LogP) is 0.700. The summed E-state index contributed by atoms with van der Waals surface area (Å²) in [7, 11) is 0. The standard InChI is InChI=1S/C13H17N3O/c17-13(16-7-5-14-6-8-16)11-1-2-12-10(9-11)3-4-15-12/h1-2,9,14-15H,3-8H2. The maximum absolute atomic E-state index is 12.3. The molecule has 2 aliphatic heterocycles. The van der Waals surface area contributed by atoms with Gasteiger partial charge in [-0.15, -0.1) is 0 Å². The summed E-state index contributed by atoms with van der Waals surface area (Å²) >= 11 is 0. The molecular formula is C13H17N3O. The van der Waals surface area contributed by atoms with Crippen LogP contribution in [0.1, 0.15) is 15.9 Å². The van der Waals surface area contributed by atoms with Crippen molar-refractivity contribution >= 4 is 11.6 Å². The first kappa shape index (κ1) is 10.6. The van der Waals surface area contributed by atoms with E-state index in [9.17, 15) is 4.79 Å². The number of piperazine rings is 1. The number of nitrogens with one attached hydrogen (secondary N) is 2. The molecule has 17 heavy (non-hydrogen) atoms. The normalized spacial score (nSPS) is 18.7. The first-order valence-corrected chi connectivity index (χ1v) is 6.21. The molecule has 2 N–H and O–H groups in total. The number of carbonyl (C=O) groups excluding carboxylic acids is 1. The Balaban J connectivity index is 1.81. The highest BCUT2D eigenvalue weighted by molar-refractivity contribution is 5.95. The van der Waals surface area contributed by atoms with Crippen LogP contribution < -0.4 is 10.6 Å². The number of nitrogens with zero attached hydrogens (tertiary/aromatic N) is 1. The number of benzene rings is 1. The Morgan fingerprint density at radius 1 is 1.18 bits per heavy atom. The number of fused-ring (bicyclic) bond motifs is 1. The Kier molecular flexibility index (Phi) is 2.73. The molecule has 1 aromatic carbocycles. The van der Waals surface area contributed by atoms with Gasteiger partial charge in [-0.05, 0) is 30.2 Å². The van der Waals surface area contributed by atoms with Crippen molar-refractivity contribution in [3.05, 3.63) is 29.3 Å². The number of hydrogen-bond acceptors (Lipinski definition) is 3. The third-order valence-corrected chi connectivity index (χ3v) is 3.47. The molecule has 0 atom stereocenters. The van der Waals surface area contributed by atoms with Crippen molar-refractivity contribution in [1.82, 2.24) is 10.2 Å². The van der Waals surface area contributed by atoms with Crippen LogP contribution in [0.25, 0.3) is 0 Å². The molecule has 0 bridgehead atoms. The van der Waals surface area contributed by atoms with Gasteiger partial charge in [0.2, 0.25) is 0 Å². The highest BCUT2D eigenvalue weighted by Crippen LogP contribution is 2.23. The second-order valence-electron chi connectivity index (χ2n) is 4.59. The summed E-state index contributed by atoms with van der Waals surface area (Å²) in [6.45, 7) is 4.42. The predicted molar refractivity (Wildman–Crippen MR) is 67.4 cm³/mol. The number of carbonyl (C=O) groups is 1. The number of hydrogen-bond donors (Lipinski definition) is 2. The zero-order valence-electron chi connectivity index (χ0n) is 9.83. The van der Waals surface area contributed by atoms with Gasteiger partial charge in [-0.25, -0.2) is 0 Å². The maximum Gasteiger partial charge on any atom is 0.253 e. The van der Waals surface area contributed by atoms with E-state index in [1.54, 1.807) is 0 Å². The van der Waals surface area contributed by atoms with E-state index in [4.69, 9.17) is 0 Å². The fourth-order valence-corrected chi connectivity index (χ4v) is 2.49. The summed E-state index contributed by atoms with van der Waals surface area (Å²) in [6.07, 6.45) is 1.03. The minimum Gasteiger partial charge on any atom is -0.384 e. The van der Waals surface area contributed by atoms with Gasteiger partial charge in [0.15, 0.2) is 0 Å². The van der Waals surface area contributed by atoms with Crippen LogP contribution in [0.5, 0.6) is 0 Å². The van der Waals surface area contributed by atoms with Crippen LogP contribution in [0.3, 0.4) is 0 Å². The average Bonchev–Trinajstić information content (AvgIpc) is 2.86. The molecule has 0 spiro atoms. The molecular weight excluding hydrogens is 214 g/mol. The molecule has 0 saturated carbocycles. The Bertz CT molecular complexity index is 438. The van der Waals surface area contributed by atoms with Gasteiger partial charge in [0.05, 0.1) is 0 Å². The SMILES string of the molecule is O=C(c1ccc2c(c1)CCN2)N1CCNCC1. The van der Waals surface area contributed by atoms with Gasteiger partial charge in [-0.1, -0.05) is 0 Å². The van der Waals surface area contributed by atoms with E-state index in [1.165, 1.54) is 11.3 Å². The highest BCUT2D eigenvalue weighted by Gasteiger charge is 2.19. The zero-order chi connectivity index (χ0) is 11.7. The molecule has 2 aliphatic rings. The van der Waals surface area contributed by atoms with E-state index in [1.807, 2.05) is 23.1 Å². The van der Waals surface area contributed by atoms with E-state index in [-0.39, 0.29) is 5.91 Å². The lowest BCUT2D eigenvalue weighted by Crippen LogP contribution is -2.46. The van der Waals surface area contributed by atoms with Crippen LogP contribution in [-0.2, 0) is 6.42 Å². The van der Waals surface area contributed by atoms with Crippen LogP contribution in [0.4, 0.5) is 5.69 Å². The molecule has 0 aliphatic carbocycles. The third kappa shape index (κ3) is 2.00. The lowest BCUT2D eigenvalue weighted by molar-refractivity contribution is 0.0736. The molecule has 0 aromatic heterocycles. The number of anilines is 1. The summed E-state index contributed by atoms with van der Waals surface area (Å²) in [4.78, 5) is 14.2. The molecule has 0 radical (unpaired) electrons. The van der Waals surface area contributed by atoms with Crippen molar-refractivity contribution in [3.8, 4) is 0 Å². The van der Waals surface area contributed by atoms with Crippen molar-refractivity contribution in [2.75, 3.05) is 38.0 Å². The smallest absolute Gasteiger partial charge is 0.253 e. The molecule has 0 unspecified atom stereocenters. The second kappa shape index (κ2) is 4.37. The molecule has 1 fully saturated rings. The summed E-state index contributed by atoms with van der Waals surface area (Å²) in [5.41, 5.74) is 3.28. The van der Waals surface area contributed by atoms with Crippen molar-refractivity contribution in [2.24, 2.45) is 0 Å². The number of rotatable bonds is 1. The first-order valence-electron chi connectivity index (χ1n) is 6.21. The van der Waals surface area contributed by atoms with Gasteiger partial charge in [0.25, 0.3) is 5.91 Å². The van der Waals surface area contributed by atoms with Crippen molar-refractivity contribution in [3.63, 3.8) is 0 Å². The van der Waals surface area contributed by atoms with Crippen LogP contribution in [-0.4, -0.2) is 43.5 Å². The Hall–Kier alpha value is -1.55. The largest absolute Gasteiger partial charge is 0.384 e. The van der Waals surface area contributed by atoms with Crippen LogP contribution >= 0.6 is 0 Å². The molecule has 1 aromatic rings. The lowest BCUT2D eigenvalue weighted by atomic mass is 10.1. The Labute approximate surface area is 101 Å². The van der Waals surface area contributed by atoms with Gasteiger partial charge < -0.3 is 15.5 Å². The van der Waals surface area contributed by atoms with Crippen molar-refractivity contribution in [2.45, 2.75) is 6.42 Å². The van der Waals surface area contributed by atoms with Gasteiger partial charge >= 0.3 is 0 Å². The van der Waals surface area contributed by atoms with Gasteiger partial charge in [-0.2, -0.15) is 0 Å².